The molecule has 0 unspecified atom stereocenters. The summed E-state index contributed by atoms with van der Waals surface area (Å²) in [6, 6.07) is 1.41. The molecule has 7 heteroatoms. The van der Waals surface area contributed by atoms with Crippen LogP contribution in [0.5, 0.6) is 0 Å². The number of aryl methyl sites for hydroxylation is 2. The van der Waals surface area contributed by atoms with Crippen LogP contribution in [0.4, 0.5) is 4.79 Å². The average molecular weight is 375 g/mol. The van der Waals surface area contributed by atoms with Crippen molar-refractivity contribution in [3.8, 4) is 0 Å². The van der Waals surface area contributed by atoms with Crippen LogP contribution in [0.1, 0.15) is 72.0 Å². The first-order valence-corrected chi connectivity index (χ1v) is 10.4. The van der Waals surface area contributed by atoms with Crippen molar-refractivity contribution in [2.45, 2.75) is 70.3 Å². The van der Waals surface area contributed by atoms with Crippen LogP contribution in [0.2, 0.25) is 0 Å². The van der Waals surface area contributed by atoms with Gasteiger partial charge < -0.3 is 5.32 Å². The molecule has 4 amide bonds. The predicted molar refractivity (Wildman–Crippen MR) is 98.8 cm³/mol. The number of carbonyl (C=O) groups excluding carboxylic acids is 3. The van der Waals surface area contributed by atoms with Gasteiger partial charge in [-0.1, -0.05) is 13.3 Å². The Labute approximate surface area is 157 Å². The van der Waals surface area contributed by atoms with E-state index in [2.05, 4.69) is 17.7 Å². The molecule has 140 valence electrons. The fourth-order valence-corrected chi connectivity index (χ4v) is 5.40. The topological polar surface area (TPSA) is 78.5 Å². The number of imide groups is 1. The van der Waals surface area contributed by atoms with Gasteiger partial charge in [0.25, 0.3) is 11.8 Å². The molecule has 2 aliphatic carbocycles. The summed E-state index contributed by atoms with van der Waals surface area (Å²) in [5.41, 5.74) is 2.96. The highest BCUT2D eigenvalue weighted by atomic mass is 32.1. The minimum absolute atomic E-state index is 0.319. The van der Waals surface area contributed by atoms with Crippen molar-refractivity contribution < 1.29 is 14.4 Å². The first kappa shape index (κ1) is 17.5. The molecule has 1 aromatic rings. The SMILES string of the molecule is CC1CCC2(CC1)NC(=O)N(NC(=O)c1cc3c(s1)CCCCC3)C2=O. The minimum atomic E-state index is -0.830. The molecule has 0 atom stereocenters. The molecule has 2 fully saturated rings. The second kappa shape index (κ2) is 6.68. The number of carbonyl (C=O) groups is 3. The number of thiophene rings is 1. The Hall–Kier alpha value is -1.89. The number of fused-ring (bicyclic) bond motifs is 1. The van der Waals surface area contributed by atoms with Crippen LogP contribution in [0.25, 0.3) is 0 Å². The van der Waals surface area contributed by atoms with Crippen molar-refractivity contribution >= 4 is 29.2 Å². The third-order valence-corrected chi connectivity index (χ3v) is 7.21. The first-order valence-electron chi connectivity index (χ1n) is 9.58. The number of amides is 4. The van der Waals surface area contributed by atoms with Crippen molar-refractivity contribution in [3.05, 3.63) is 21.4 Å². The van der Waals surface area contributed by atoms with Crippen LogP contribution in [-0.4, -0.2) is 28.4 Å². The molecule has 1 aliphatic heterocycles. The fourth-order valence-electron chi connectivity index (χ4n) is 4.25. The van der Waals surface area contributed by atoms with E-state index >= 15 is 0 Å². The second-order valence-electron chi connectivity index (χ2n) is 7.90. The Bertz CT molecular complexity index is 726. The van der Waals surface area contributed by atoms with Crippen LogP contribution >= 0.6 is 11.3 Å². The van der Waals surface area contributed by atoms with Gasteiger partial charge >= 0.3 is 6.03 Å². The van der Waals surface area contributed by atoms with Crippen LogP contribution in [0, 0.1) is 5.92 Å². The quantitative estimate of drug-likeness (QED) is 0.616. The van der Waals surface area contributed by atoms with E-state index in [4.69, 9.17) is 0 Å². The highest BCUT2D eigenvalue weighted by molar-refractivity contribution is 7.14. The van der Waals surface area contributed by atoms with E-state index in [0.29, 0.717) is 23.6 Å². The summed E-state index contributed by atoms with van der Waals surface area (Å²) in [6.45, 7) is 2.16. The van der Waals surface area contributed by atoms with Crippen molar-refractivity contribution in [1.82, 2.24) is 15.8 Å². The highest BCUT2D eigenvalue weighted by Gasteiger charge is 2.53. The van der Waals surface area contributed by atoms with Gasteiger partial charge in [-0.15, -0.1) is 11.3 Å². The van der Waals surface area contributed by atoms with Crippen LogP contribution in [0.3, 0.4) is 0 Å². The van der Waals surface area contributed by atoms with E-state index < -0.39 is 11.6 Å². The summed E-state index contributed by atoms with van der Waals surface area (Å²) >= 11 is 1.49. The Kier molecular flexibility index (Phi) is 4.50. The molecule has 2 N–H and O–H groups in total. The Morgan fingerprint density at radius 3 is 2.73 bits per heavy atom. The molecule has 0 aromatic carbocycles. The van der Waals surface area contributed by atoms with Crippen molar-refractivity contribution in [1.29, 1.82) is 0 Å². The van der Waals surface area contributed by atoms with Gasteiger partial charge in [0, 0.05) is 4.88 Å². The highest BCUT2D eigenvalue weighted by Crippen LogP contribution is 2.36. The van der Waals surface area contributed by atoms with E-state index in [1.165, 1.54) is 28.2 Å². The summed E-state index contributed by atoms with van der Waals surface area (Å²) in [4.78, 5) is 39.7. The molecular formula is C19H25N3O3S. The third-order valence-electron chi connectivity index (χ3n) is 5.97. The van der Waals surface area contributed by atoms with Gasteiger partial charge in [-0.3, -0.25) is 15.0 Å². The maximum absolute atomic E-state index is 12.8. The smallest absolute Gasteiger partial charge is 0.322 e. The molecule has 2 heterocycles. The molecular weight excluding hydrogens is 350 g/mol. The maximum atomic E-state index is 12.8. The Morgan fingerprint density at radius 2 is 1.96 bits per heavy atom. The van der Waals surface area contributed by atoms with E-state index in [0.717, 1.165) is 43.5 Å². The number of hydrazine groups is 1. The molecule has 1 spiro atoms. The lowest BCUT2D eigenvalue weighted by Gasteiger charge is -2.33. The number of hydrogen-bond acceptors (Lipinski definition) is 4. The summed E-state index contributed by atoms with van der Waals surface area (Å²) in [6.07, 6.45) is 8.64. The minimum Gasteiger partial charge on any atom is -0.322 e. The largest absolute Gasteiger partial charge is 0.344 e. The zero-order chi connectivity index (χ0) is 18.3. The lowest BCUT2D eigenvalue weighted by molar-refractivity contribution is -0.134. The summed E-state index contributed by atoms with van der Waals surface area (Å²) in [5, 5.41) is 3.72. The summed E-state index contributed by atoms with van der Waals surface area (Å²) in [5.74, 6) is -0.121. The Balaban J connectivity index is 1.48. The monoisotopic (exact) mass is 375 g/mol. The molecule has 3 aliphatic rings. The number of nitrogens with zero attached hydrogens (tertiary/aromatic N) is 1. The Morgan fingerprint density at radius 1 is 1.23 bits per heavy atom. The second-order valence-corrected chi connectivity index (χ2v) is 9.03. The fraction of sp³-hybridized carbons (Fsp3) is 0.632. The predicted octanol–water partition coefficient (Wildman–Crippen LogP) is 3.16. The van der Waals surface area contributed by atoms with Crippen LogP contribution < -0.4 is 10.7 Å². The van der Waals surface area contributed by atoms with Crippen molar-refractivity contribution in [2.24, 2.45) is 5.92 Å². The summed E-state index contributed by atoms with van der Waals surface area (Å²) < 4.78 is 0. The zero-order valence-corrected chi connectivity index (χ0v) is 15.9. The van der Waals surface area contributed by atoms with Gasteiger partial charge in [0.2, 0.25) is 0 Å². The number of rotatable bonds is 2. The maximum Gasteiger partial charge on any atom is 0.344 e. The van der Waals surface area contributed by atoms with Gasteiger partial charge in [-0.2, -0.15) is 5.01 Å². The van der Waals surface area contributed by atoms with Gasteiger partial charge in [0.1, 0.15) is 5.54 Å². The zero-order valence-electron chi connectivity index (χ0n) is 15.1. The van der Waals surface area contributed by atoms with Crippen molar-refractivity contribution in [3.63, 3.8) is 0 Å². The number of nitrogens with one attached hydrogen (secondary N) is 2. The molecule has 1 saturated heterocycles. The molecule has 6 nitrogen and oxygen atoms in total. The van der Waals surface area contributed by atoms with E-state index in [1.807, 2.05) is 6.07 Å². The number of urea groups is 1. The van der Waals surface area contributed by atoms with Crippen LogP contribution in [0.15, 0.2) is 6.07 Å². The standard InChI is InChI=1S/C19H25N3O3S/c1-12-7-9-19(10-8-12)17(24)22(18(25)20-19)21-16(23)15-11-13-5-3-2-4-6-14(13)26-15/h11-12H,2-10H2,1H3,(H,20,25)(H,21,23). The molecule has 4 rings (SSSR count). The van der Waals surface area contributed by atoms with Gasteiger partial charge in [0.05, 0.1) is 4.88 Å². The molecule has 1 saturated carbocycles. The number of hydrogen-bond donors (Lipinski definition) is 2. The average Bonchev–Trinajstić information content (AvgIpc) is 3.03. The first-order chi connectivity index (χ1) is 12.5. The molecule has 0 radical (unpaired) electrons. The van der Waals surface area contributed by atoms with Gasteiger partial charge in [-0.25, -0.2) is 4.79 Å². The van der Waals surface area contributed by atoms with Crippen LogP contribution in [-0.2, 0) is 17.6 Å². The van der Waals surface area contributed by atoms with Gasteiger partial charge in [-0.05, 0) is 68.9 Å². The lowest BCUT2D eigenvalue weighted by Crippen LogP contribution is -2.51. The summed E-state index contributed by atoms with van der Waals surface area (Å²) in [7, 11) is 0. The third kappa shape index (κ3) is 3.02. The van der Waals surface area contributed by atoms with Gasteiger partial charge in [0.15, 0.2) is 0 Å². The molecule has 0 bridgehead atoms. The van der Waals surface area contributed by atoms with Crippen molar-refractivity contribution in [2.75, 3.05) is 0 Å². The molecule has 26 heavy (non-hydrogen) atoms. The van der Waals surface area contributed by atoms with E-state index in [9.17, 15) is 14.4 Å². The van der Waals surface area contributed by atoms with E-state index in [1.54, 1.807) is 0 Å². The van der Waals surface area contributed by atoms with E-state index in [-0.39, 0.29) is 11.8 Å². The lowest BCUT2D eigenvalue weighted by atomic mass is 9.77. The normalized spacial score (nSPS) is 28.7. The molecule has 1 aromatic heterocycles.